The molecule has 126 valence electrons. The second-order valence-electron chi connectivity index (χ2n) is 5.66. The maximum atomic E-state index is 5.99. The fourth-order valence-corrected chi connectivity index (χ4v) is 4.50. The normalized spacial score (nSPS) is 12.3. The van der Waals surface area contributed by atoms with Crippen LogP contribution < -0.4 is 10.2 Å². The van der Waals surface area contributed by atoms with Crippen molar-refractivity contribution in [2.45, 2.75) is 20.1 Å². The number of hydrogen-bond donors (Lipinski definition) is 2. The van der Waals surface area contributed by atoms with E-state index >= 15 is 0 Å². The number of thiophene rings is 1. The smallest absolute Gasteiger partial charge is 0.209 e. The lowest BCUT2D eigenvalue weighted by Gasteiger charge is -2.12. The number of halogens is 1. The minimum atomic E-state index is 0.723. The van der Waals surface area contributed by atoms with Gasteiger partial charge in [0.1, 0.15) is 6.54 Å². The summed E-state index contributed by atoms with van der Waals surface area (Å²) in [6.07, 6.45) is 0. The number of benzene rings is 1. The number of hydrogen-bond acceptors (Lipinski definition) is 5. The van der Waals surface area contributed by atoms with E-state index in [1.165, 1.54) is 26.7 Å². The number of aromatic nitrogens is 2. The Bertz CT molecular complexity index is 866. The summed E-state index contributed by atoms with van der Waals surface area (Å²) in [6.45, 7) is 3.69. The Morgan fingerprint density at radius 3 is 2.62 bits per heavy atom. The zero-order valence-corrected chi connectivity index (χ0v) is 16.6. The maximum Gasteiger partial charge on any atom is 0.209 e. The van der Waals surface area contributed by atoms with Gasteiger partial charge in [-0.15, -0.1) is 16.4 Å². The van der Waals surface area contributed by atoms with E-state index in [2.05, 4.69) is 42.6 Å². The standard InChI is InChI=1S/C16H17ClN4S3/c1-11-3-5-12(6-4-11)18-15-19-21(16(22)24-15)10-20(2)9-13-7-8-14(17)23-13/h3-8H,9-10H2,1-2H3,(H,18,19)/p+1. The van der Waals surface area contributed by atoms with E-state index in [1.54, 1.807) is 11.3 Å². The van der Waals surface area contributed by atoms with Crippen molar-refractivity contribution in [1.29, 1.82) is 0 Å². The second-order valence-corrected chi connectivity index (χ2v) is 9.08. The van der Waals surface area contributed by atoms with Crippen LogP contribution in [0.4, 0.5) is 10.8 Å². The van der Waals surface area contributed by atoms with Crippen molar-refractivity contribution in [2.24, 2.45) is 0 Å². The minimum absolute atomic E-state index is 0.723. The lowest BCUT2D eigenvalue weighted by Crippen LogP contribution is -3.06. The van der Waals surface area contributed by atoms with Gasteiger partial charge in [-0.05, 0) is 43.4 Å². The zero-order chi connectivity index (χ0) is 17.1. The third-order valence-corrected chi connectivity index (χ3v) is 5.89. The third kappa shape index (κ3) is 4.64. The van der Waals surface area contributed by atoms with Gasteiger partial charge in [-0.3, -0.25) is 0 Å². The average Bonchev–Trinajstić information content (AvgIpc) is 3.08. The van der Waals surface area contributed by atoms with Crippen LogP contribution in [0.3, 0.4) is 0 Å². The first-order chi connectivity index (χ1) is 11.5. The van der Waals surface area contributed by atoms with Crippen molar-refractivity contribution in [1.82, 2.24) is 9.78 Å². The minimum Gasteiger partial charge on any atom is -0.330 e. The molecule has 0 spiro atoms. The molecule has 1 atom stereocenters. The third-order valence-electron chi connectivity index (χ3n) is 3.43. The Balaban J connectivity index is 1.65. The van der Waals surface area contributed by atoms with E-state index in [1.807, 2.05) is 22.9 Å². The highest BCUT2D eigenvalue weighted by Gasteiger charge is 2.11. The quantitative estimate of drug-likeness (QED) is 0.614. The molecule has 0 aliphatic carbocycles. The van der Waals surface area contributed by atoms with E-state index in [0.29, 0.717) is 0 Å². The average molecular weight is 398 g/mol. The van der Waals surface area contributed by atoms with Gasteiger partial charge in [0.05, 0.1) is 16.3 Å². The molecule has 3 rings (SSSR count). The number of aryl methyl sites for hydroxylation is 1. The summed E-state index contributed by atoms with van der Waals surface area (Å²) in [4.78, 5) is 2.56. The van der Waals surface area contributed by atoms with Gasteiger partial charge in [0, 0.05) is 5.69 Å². The summed E-state index contributed by atoms with van der Waals surface area (Å²) < 4.78 is 3.47. The highest BCUT2D eigenvalue weighted by Crippen LogP contribution is 2.21. The summed E-state index contributed by atoms with van der Waals surface area (Å²) in [5, 5.41) is 8.72. The summed E-state index contributed by atoms with van der Waals surface area (Å²) >= 11 is 14.5. The van der Waals surface area contributed by atoms with Gasteiger partial charge in [-0.25, -0.2) is 0 Å². The van der Waals surface area contributed by atoms with Crippen LogP contribution in [-0.4, -0.2) is 16.8 Å². The summed E-state index contributed by atoms with van der Waals surface area (Å²) in [5.41, 5.74) is 2.25. The molecule has 2 aromatic heterocycles. The van der Waals surface area contributed by atoms with Crippen LogP contribution in [0, 0.1) is 10.9 Å². The Kier molecular flexibility index (Phi) is 5.68. The van der Waals surface area contributed by atoms with Gasteiger partial charge in [0.25, 0.3) is 0 Å². The number of anilines is 2. The molecule has 3 aromatic rings. The lowest BCUT2D eigenvalue weighted by atomic mass is 10.2. The molecule has 0 saturated carbocycles. The van der Waals surface area contributed by atoms with Gasteiger partial charge in [-0.2, -0.15) is 4.68 Å². The summed E-state index contributed by atoms with van der Waals surface area (Å²) in [7, 11) is 2.13. The Hall–Kier alpha value is -1.25. The molecule has 0 radical (unpaired) electrons. The van der Waals surface area contributed by atoms with Crippen LogP contribution in [0.2, 0.25) is 4.34 Å². The van der Waals surface area contributed by atoms with Gasteiger partial charge in [-0.1, -0.05) is 40.6 Å². The van der Waals surface area contributed by atoms with E-state index in [4.69, 9.17) is 23.8 Å². The molecule has 4 nitrogen and oxygen atoms in total. The molecule has 0 saturated heterocycles. The van der Waals surface area contributed by atoms with Crippen molar-refractivity contribution < 1.29 is 4.90 Å². The first-order valence-electron chi connectivity index (χ1n) is 7.47. The fraction of sp³-hybridized carbons (Fsp3) is 0.250. The van der Waals surface area contributed by atoms with Crippen molar-refractivity contribution in [3.63, 3.8) is 0 Å². The molecule has 0 fully saturated rings. The topological polar surface area (TPSA) is 34.3 Å². The molecular weight excluding hydrogens is 380 g/mol. The highest BCUT2D eigenvalue weighted by molar-refractivity contribution is 7.73. The van der Waals surface area contributed by atoms with Crippen molar-refractivity contribution in [3.8, 4) is 0 Å². The molecule has 2 N–H and O–H groups in total. The van der Waals surface area contributed by atoms with Crippen molar-refractivity contribution >= 4 is 57.3 Å². The van der Waals surface area contributed by atoms with Crippen LogP contribution >= 0.6 is 46.5 Å². The molecular formula is C16H18ClN4S3+. The first-order valence-corrected chi connectivity index (χ1v) is 9.88. The van der Waals surface area contributed by atoms with Gasteiger partial charge in [0.2, 0.25) is 5.13 Å². The highest BCUT2D eigenvalue weighted by atomic mass is 35.5. The number of nitrogens with one attached hydrogen (secondary N) is 2. The van der Waals surface area contributed by atoms with Crippen LogP contribution in [0.1, 0.15) is 10.4 Å². The zero-order valence-electron chi connectivity index (χ0n) is 13.4. The van der Waals surface area contributed by atoms with Gasteiger partial charge >= 0.3 is 0 Å². The molecule has 0 aliphatic rings. The largest absolute Gasteiger partial charge is 0.330 e. The number of rotatable bonds is 6. The van der Waals surface area contributed by atoms with Crippen molar-refractivity contribution in [3.05, 3.63) is 55.1 Å². The van der Waals surface area contributed by atoms with Crippen LogP contribution in [0.5, 0.6) is 0 Å². The van der Waals surface area contributed by atoms with Crippen LogP contribution in [0.15, 0.2) is 36.4 Å². The molecule has 2 heterocycles. The molecule has 24 heavy (non-hydrogen) atoms. The Labute approximate surface area is 159 Å². The molecule has 1 unspecified atom stereocenters. The van der Waals surface area contributed by atoms with E-state index in [9.17, 15) is 0 Å². The lowest BCUT2D eigenvalue weighted by molar-refractivity contribution is -0.917. The molecule has 8 heteroatoms. The van der Waals surface area contributed by atoms with E-state index < -0.39 is 0 Å². The number of nitrogens with zero attached hydrogens (tertiary/aromatic N) is 2. The maximum absolute atomic E-state index is 5.99. The van der Waals surface area contributed by atoms with Gasteiger partial charge in [0.15, 0.2) is 10.6 Å². The van der Waals surface area contributed by atoms with E-state index in [-0.39, 0.29) is 0 Å². The monoisotopic (exact) mass is 397 g/mol. The molecule has 0 amide bonds. The Morgan fingerprint density at radius 1 is 1.21 bits per heavy atom. The fourth-order valence-electron chi connectivity index (χ4n) is 2.27. The number of quaternary nitrogens is 1. The van der Waals surface area contributed by atoms with Gasteiger partial charge < -0.3 is 10.2 Å². The molecule has 0 aliphatic heterocycles. The van der Waals surface area contributed by atoms with Crippen molar-refractivity contribution in [2.75, 3.05) is 12.4 Å². The first kappa shape index (κ1) is 17.6. The molecule has 1 aromatic carbocycles. The summed E-state index contributed by atoms with van der Waals surface area (Å²) in [5.74, 6) is 0. The Morgan fingerprint density at radius 2 is 1.96 bits per heavy atom. The summed E-state index contributed by atoms with van der Waals surface area (Å²) in [6, 6.07) is 12.2. The predicted molar refractivity (Wildman–Crippen MR) is 105 cm³/mol. The SMILES string of the molecule is Cc1ccc(Nc2nn(C[NH+](C)Cc3ccc(Cl)s3)c(=S)s2)cc1. The molecule has 0 bridgehead atoms. The van der Waals surface area contributed by atoms with E-state index in [0.717, 1.165) is 32.3 Å². The predicted octanol–water partition coefficient (Wildman–Crippen LogP) is 4.11. The second kappa shape index (κ2) is 7.76. The van der Waals surface area contributed by atoms with Crippen LogP contribution in [0.25, 0.3) is 0 Å². The van der Waals surface area contributed by atoms with Crippen LogP contribution in [-0.2, 0) is 13.2 Å².